The zero-order valence-electron chi connectivity index (χ0n) is 13.0. The van der Waals surface area contributed by atoms with Gasteiger partial charge in [0.1, 0.15) is 0 Å². The predicted octanol–water partition coefficient (Wildman–Crippen LogP) is 2.08. The van der Waals surface area contributed by atoms with E-state index in [1.54, 1.807) is 17.5 Å². The molecule has 1 aromatic heterocycles. The zero-order valence-corrected chi connectivity index (χ0v) is 13.8. The number of hydrogen-bond donors (Lipinski definition) is 2. The molecule has 0 spiro atoms. The van der Waals surface area contributed by atoms with Crippen molar-refractivity contribution >= 4 is 29.1 Å². The summed E-state index contributed by atoms with van der Waals surface area (Å²) in [7, 11) is 0. The van der Waals surface area contributed by atoms with E-state index in [-0.39, 0.29) is 25.4 Å². The van der Waals surface area contributed by atoms with Crippen molar-refractivity contribution in [3.63, 3.8) is 0 Å². The van der Waals surface area contributed by atoms with Gasteiger partial charge in [0.05, 0.1) is 17.9 Å². The molecule has 126 valence electrons. The third-order valence-electron chi connectivity index (χ3n) is 3.11. The number of nitrogens with one attached hydrogen (secondary N) is 2. The molecule has 0 radical (unpaired) electrons. The van der Waals surface area contributed by atoms with Gasteiger partial charge >= 0.3 is 5.97 Å². The van der Waals surface area contributed by atoms with Gasteiger partial charge in [-0.15, -0.1) is 11.3 Å². The van der Waals surface area contributed by atoms with Gasteiger partial charge in [-0.25, -0.2) is 0 Å². The summed E-state index contributed by atoms with van der Waals surface area (Å²) in [6.07, 6.45) is 0.556. The van der Waals surface area contributed by atoms with E-state index in [2.05, 4.69) is 10.9 Å². The fourth-order valence-electron chi connectivity index (χ4n) is 1.87. The van der Waals surface area contributed by atoms with E-state index in [9.17, 15) is 14.4 Å². The van der Waals surface area contributed by atoms with Crippen molar-refractivity contribution in [1.82, 2.24) is 10.9 Å². The predicted molar refractivity (Wildman–Crippen MR) is 90.3 cm³/mol. The van der Waals surface area contributed by atoms with Crippen LogP contribution in [0.3, 0.4) is 0 Å². The zero-order chi connectivity index (χ0) is 17.2. The number of hydrogen-bond acceptors (Lipinski definition) is 5. The van der Waals surface area contributed by atoms with Gasteiger partial charge in [0.25, 0.3) is 5.91 Å². The summed E-state index contributed by atoms with van der Waals surface area (Å²) in [4.78, 5) is 35.3. The van der Waals surface area contributed by atoms with Crippen molar-refractivity contribution in [3.05, 3.63) is 58.3 Å². The Morgan fingerprint density at radius 3 is 2.46 bits per heavy atom. The van der Waals surface area contributed by atoms with Crippen molar-refractivity contribution in [2.75, 3.05) is 6.61 Å². The molecule has 0 aliphatic carbocycles. The lowest BCUT2D eigenvalue weighted by Gasteiger charge is -2.07. The highest BCUT2D eigenvalue weighted by atomic mass is 32.1. The van der Waals surface area contributed by atoms with Crippen LogP contribution in [-0.4, -0.2) is 24.4 Å². The van der Waals surface area contributed by atoms with Crippen LogP contribution in [0.4, 0.5) is 0 Å². The highest BCUT2D eigenvalue weighted by Crippen LogP contribution is 2.07. The molecule has 7 heteroatoms. The standard InChI is InChI=1S/C17H18N2O4S/c20-15(18-19-17(22)14-7-4-12-24-14)8-9-16(21)23-11-10-13-5-2-1-3-6-13/h1-7,12H,8-11H2,(H,18,20)(H,19,22). The van der Waals surface area contributed by atoms with Crippen molar-refractivity contribution in [3.8, 4) is 0 Å². The molecule has 2 aromatic rings. The molecule has 0 bridgehead atoms. The molecule has 2 rings (SSSR count). The normalized spacial score (nSPS) is 10.0. The quantitative estimate of drug-likeness (QED) is 0.594. The Bertz CT molecular complexity index is 671. The number of esters is 1. The molecular formula is C17H18N2O4S. The Morgan fingerprint density at radius 1 is 0.958 bits per heavy atom. The first-order valence-corrected chi connectivity index (χ1v) is 8.35. The number of carbonyl (C=O) groups is 3. The Morgan fingerprint density at radius 2 is 1.75 bits per heavy atom. The maximum absolute atomic E-state index is 11.6. The highest BCUT2D eigenvalue weighted by Gasteiger charge is 2.10. The van der Waals surface area contributed by atoms with Gasteiger partial charge in [0.2, 0.25) is 5.91 Å². The van der Waals surface area contributed by atoms with Gasteiger partial charge in [-0.05, 0) is 17.0 Å². The largest absolute Gasteiger partial charge is 0.465 e. The van der Waals surface area contributed by atoms with Crippen LogP contribution in [0.2, 0.25) is 0 Å². The Balaban J connectivity index is 1.57. The van der Waals surface area contributed by atoms with Crippen LogP contribution in [0.1, 0.15) is 28.1 Å². The number of amides is 2. The van der Waals surface area contributed by atoms with Gasteiger partial charge < -0.3 is 4.74 Å². The van der Waals surface area contributed by atoms with Crippen molar-refractivity contribution in [1.29, 1.82) is 0 Å². The lowest BCUT2D eigenvalue weighted by Crippen LogP contribution is -2.41. The van der Waals surface area contributed by atoms with E-state index in [4.69, 9.17) is 4.74 Å². The lowest BCUT2D eigenvalue weighted by molar-refractivity contribution is -0.144. The molecule has 6 nitrogen and oxygen atoms in total. The SMILES string of the molecule is O=C(CCC(=O)OCCc1ccccc1)NNC(=O)c1cccs1. The molecule has 0 saturated carbocycles. The first-order chi connectivity index (χ1) is 11.6. The molecule has 24 heavy (non-hydrogen) atoms. The summed E-state index contributed by atoms with van der Waals surface area (Å²) < 4.78 is 5.08. The topological polar surface area (TPSA) is 84.5 Å². The van der Waals surface area contributed by atoms with Crippen molar-refractivity contribution in [2.24, 2.45) is 0 Å². The summed E-state index contributed by atoms with van der Waals surface area (Å²) >= 11 is 1.27. The van der Waals surface area contributed by atoms with Crippen LogP contribution in [-0.2, 0) is 20.7 Å². The molecule has 0 fully saturated rings. The minimum absolute atomic E-state index is 0.0322. The summed E-state index contributed by atoms with van der Waals surface area (Å²) in [6.45, 7) is 0.277. The van der Waals surface area contributed by atoms with Gasteiger partial charge in [0, 0.05) is 12.8 Å². The molecule has 2 N–H and O–H groups in total. The van der Waals surface area contributed by atoms with Crippen LogP contribution in [0.25, 0.3) is 0 Å². The lowest BCUT2D eigenvalue weighted by atomic mass is 10.2. The molecule has 0 saturated heterocycles. The Labute approximate surface area is 143 Å². The second-order valence-electron chi connectivity index (χ2n) is 4.94. The number of rotatable bonds is 7. The van der Waals surface area contributed by atoms with E-state index in [0.29, 0.717) is 11.3 Å². The van der Waals surface area contributed by atoms with Gasteiger partial charge in [-0.1, -0.05) is 36.4 Å². The van der Waals surface area contributed by atoms with Gasteiger partial charge in [-0.2, -0.15) is 0 Å². The summed E-state index contributed by atoms with van der Waals surface area (Å²) in [5, 5.41) is 1.77. The summed E-state index contributed by atoms with van der Waals surface area (Å²) in [5.74, 6) is -1.27. The third kappa shape index (κ3) is 6.21. The Hall–Kier alpha value is -2.67. The van der Waals surface area contributed by atoms with Crippen LogP contribution < -0.4 is 10.9 Å². The average Bonchev–Trinajstić information content (AvgIpc) is 3.13. The smallest absolute Gasteiger partial charge is 0.306 e. The van der Waals surface area contributed by atoms with Crippen molar-refractivity contribution in [2.45, 2.75) is 19.3 Å². The maximum Gasteiger partial charge on any atom is 0.306 e. The fraction of sp³-hybridized carbons (Fsp3) is 0.235. The molecule has 0 aliphatic rings. The average molecular weight is 346 g/mol. The first-order valence-electron chi connectivity index (χ1n) is 7.47. The van der Waals surface area contributed by atoms with Crippen LogP contribution in [0.5, 0.6) is 0 Å². The van der Waals surface area contributed by atoms with Gasteiger partial charge in [-0.3, -0.25) is 25.2 Å². The molecule has 0 unspecified atom stereocenters. The number of benzene rings is 1. The first kappa shape index (κ1) is 17.7. The second kappa shape index (κ2) is 9.46. The molecule has 2 amide bonds. The van der Waals surface area contributed by atoms with Crippen LogP contribution >= 0.6 is 11.3 Å². The number of thiophene rings is 1. The second-order valence-corrected chi connectivity index (χ2v) is 5.88. The molecule has 0 atom stereocenters. The van der Waals surface area contributed by atoms with E-state index >= 15 is 0 Å². The van der Waals surface area contributed by atoms with E-state index in [0.717, 1.165) is 5.56 Å². The molecule has 1 heterocycles. The highest BCUT2D eigenvalue weighted by molar-refractivity contribution is 7.12. The van der Waals surface area contributed by atoms with E-state index in [1.165, 1.54) is 11.3 Å². The molecule has 0 aliphatic heterocycles. The minimum atomic E-state index is -0.445. The number of ether oxygens (including phenoxy) is 1. The minimum Gasteiger partial charge on any atom is -0.465 e. The van der Waals surface area contributed by atoms with Crippen LogP contribution in [0.15, 0.2) is 47.8 Å². The number of carbonyl (C=O) groups excluding carboxylic acids is 3. The Kier molecular flexibility index (Phi) is 6.97. The van der Waals surface area contributed by atoms with Crippen molar-refractivity contribution < 1.29 is 19.1 Å². The van der Waals surface area contributed by atoms with E-state index < -0.39 is 11.9 Å². The monoisotopic (exact) mass is 346 g/mol. The van der Waals surface area contributed by atoms with Crippen LogP contribution in [0, 0.1) is 0 Å². The summed E-state index contributed by atoms with van der Waals surface area (Å²) in [6, 6.07) is 13.1. The fourth-order valence-corrected chi connectivity index (χ4v) is 2.49. The van der Waals surface area contributed by atoms with Gasteiger partial charge in [0.15, 0.2) is 0 Å². The summed E-state index contributed by atoms with van der Waals surface area (Å²) in [5.41, 5.74) is 5.64. The third-order valence-corrected chi connectivity index (χ3v) is 3.98. The molecule has 1 aromatic carbocycles. The maximum atomic E-state index is 11.6. The molecular weight excluding hydrogens is 328 g/mol. The van der Waals surface area contributed by atoms with E-state index in [1.807, 2.05) is 30.3 Å². The number of hydrazine groups is 1.